The van der Waals surface area contributed by atoms with Crippen molar-refractivity contribution >= 4 is 5.91 Å². The van der Waals surface area contributed by atoms with Crippen LogP contribution in [0.2, 0.25) is 0 Å². The highest BCUT2D eigenvalue weighted by molar-refractivity contribution is 5.93. The van der Waals surface area contributed by atoms with E-state index in [1.807, 2.05) is 12.1 Å². The Morgan fingerprint density at radius 3 is 2.76 bits per heavy atom. The van der Waals surface area contributed by atoms with Gasteiger partial charge in [0.15, 0.2) is 0 Å². The molecule has 0 atom stereocenters. The summed E-state index contributed by atoms with van der Waals surface area (Å²) >= 11 is 0. The number of H-pyrrole nitrogens is 1. The zero-order chi connectivity index (χ0) is 14.9. The summed E-state index contributed by atoms with van der Waals surface area (Å²) in [4.78, 5) is 23.9. The second kappa shape index (κ2) is 5.31. The molecule has 2 N–H and O–H groups in total. The van der Waals surface area contributed by atoms with Crippen LogP contribution in [-0.2, 0) is 19.3 Å². The molecular formula is C16H20N4O. The van der Waals surface area contributed by atoms with Gasteiger partial charge in [-0.3, -0.25) is 9.78 Å². The van der Waals surface area contributed by atoms with Gasteiger partial charge in [-0.1, -0.05) is 13.8 Å². The number of rotatable bonds is 3. The number of hydrogen-bond acceptors (Lipinski definition) is 3. The zero-order valence-corrected chi connectivity index (χ0v) is 12.4. The number of nitrogens with zero attached hydrogens (tertiary/aromatic N) is 2. The number of carbonyl (C=O) groups is 1. The van der Waals surface area contributed by atoms with Crippen LogP contribution >= 0.6 is 0 Å². The summed E-state index contributed by atoms with van der Waals surface area (Å²) < 4.78 is 0. The minimum atomic E-state index is -0.0676. The molecule has 0 unspecified atom stereocenters. The molecule has 5 nitrogen and oxygen atoms in total. The van der Waals surface area contributed by atoms with Gasteiger partial charge in [-0.05, 0) is 36.0 Å². The lowest BCUT2D eigenvalue weighted by Gasteiger charge is -2.21. The van der Waals surface area contributed by atoms with E-state index in [1.54, 1.807) is 12.4 Å². The zero-order valence-electron chi connectivity index (χ0n) is 12.4. The maximum atomic E-state index is 12.1. The summed E-state index contributed by atoms with van der Waals surface area (Å²) in [6.45, 7) is 4.99. The molecule has 3 heterocycles. The van der Waals surface area contributed by atoms with E-state index in [4.69, 9.17) is 0 Å². The summed E-state index contributed by atoms with van der Waals surface area (Å²) in [6.07, 6.45) is 6.11. The standard InChI is InChI=1S/C16H20N4O/c1-16(2)9-12-14(15(21)18-10-16)20-13(19-12)4-3-11-5-7-17-8-6-11/h5-8H,3-4,9-10H2,1-2H3,(H,18,21)(H,19,20). The second-order valence-corrected chi connectivity index (χ2v) is 6.39. The van der Waals surface area contributed by atoms with Crippen molar-refractivity contribution in [2.75, 3.05) is 6.54 Å². The molecule has 3 rings (SSSR count). The van der Waals surface area contributed by atoms with Crippen LogP contribution in [0.3, 0.4) is 0 Å². The molecule has 1 amide bonds. The van der Waals surface area contributed by atoms with Crippen molar-refractivity contribution in [1.29, 1.82) is 0 Å². The molecule has 2 aromatic heterocycles. The largest absolute Gasteiger partial charge is 0.350 e. The minimum absolute atomic E-state index is 0.0514. The first-order valence-electron chi connectivity index (χ1n) is 7.28. The predicted molar refractivity (Wildman–Crippen MR) is 80.1 cm³/mol. The van der Waals surface area contributed by atoms with Crippen molar-refractivity contribution in [3.05, 3.63) is 47.3 Å². The van der Waals surface area contributed by atoms with E-state index >= 15 is 0 Å². The molecule has 1 aliphatic heterocycles. The van der Waals surface area contributed by atoms with Gasteiger partial charge in [0.2, 0.25) is 0 Å². The number of aromatic amines is 1. The Morgan fingerprint density at radius 1 is 1.24 bits per heavy atom. The topological polar surface area (TPSA) is 70.7 Å². The maximum Gasteiger partial charge on any atom is 0.271 e. The van der Waals surface area contributed by atoms with E-state index < -0.39 is 0 Å². The first-order chi connectivity index (χ1) is 10.0. The van der Waals surface area contributed by atoms with E-state index in [0.717, 1.165) is 30.8 Å². The van der Waals surface area contributed by atoms with Crippen LogP contribution in [0.1, 0.15) is 41.4 Å². The lowest BCUT2D eigenvalue weighted by molar-refractivity contribution is 0.0940. The van der Waals surface area contributed by atoms with E-state index in [1.165, 1.54) is 5.56 Å². The second-order valence-electron chi connectivity index (χ2n) is 6.39. The van der Waals surface area contributed by atoms with Crippen molar-refractivity contribution in [2.45, 2.75) is 33.1 Å². The Balaban J connectivity index is 1.77. The molecular weight excluding hydrogens is 264 g/mol. The molecule has 0 saturated carbocycles. The molecule has 110 valence electrons. The van der Waals surface area contributed by atoms with Crippen LogP contribution in [0.5, 0.6) is 0 Å². The summed E-state index contributed by atoms with van der Waals surface area (Å²) in [6, 6.07) is 4.01. The van der Waals surface area contributed by atoms with Crippen molar-refractivity contribution < 1.29 is 4.79 Å². The predicted octanol–water partition coefficient (Wildman–Crippen LogP) is 1.90. The van der Waals surface area contributed by atoms with Crippen LogP contribution in [0, 0.1) is 5.41 Å². The fourth-order valence-electron chi connectivity index (χ4n) is 2.65. The number of nitrogens with one attached hydrogen (secondary N) is 2. The highest BCUT2D eigenvalue weighted by atomic mass is 16.1. The third-order valence-electron chi connectivity index (χ3n) is 3.83. The Hall–Kier alpha value is -2.17. The van der Waals surface area contributed by atoms with Gasteiger partial charge in [0, 0.05) is 31.1 Å². The normalized spacial score (nSPS) is 17.0. The fourth-order valence-corrected chi connectivity index (χ4v) is 2.65. The van der Waals surface area contributed by atoms with Crippen LogP contribution in [-0.4, -0.2) is 27.4 Å². The van der Waals surface area contributed by atoms with Gasteiger partial charge in [-0.2, -0.15) is 0 Å². The molecule has 1 aliphatic rings. The Morgan fingerprint density at radius 2 is 2.00 bits per heavy atom. The number of carbonyl (C=O) groups excluding carboxylic acids is 1. The molecule has 2 aromatic rings. The molecule has 0 bridgehead atoms. The van der Waals surface area contributed by atoms with Gasteiger partial charge >= 0.3 is 0 Å². The number of imidazole rings is 1. The number of amides is 1. The van der Waals surface area contributed by atoms with Crippen molar-refractivity contribution in [3.8, 4) is 0 Å². The number of hydrogen-bond donors (Lipinski definition) is 2. The number of aryl methyl sites for hydroxylation is 2. The van der Waals surface area contributed by atoms with E-state index in [0.29, 0.717) is 12.2 Å². The SMILES string of the molecule is CC1(C)CNC(=O)c2nc(CCc3ccncc3)[nH]c2C1. The van der Waals surface area contributed by atoms with Gasteiger partial charge in [0.1, 0.15) is 11.5 Å². The highest BCUT2D eigenvalue weighted by Gasteiger charge is 2.29. The van der Waals surface area contributed by atoms with Crippen LogP contribution in [0.25, 0.3) is 0 Å². The number of fused-ring (bicyclic) bond motifs is 1. The van der Waals surface area contributed by atoms with Crippen LogP contribution in [0.15, 0.2) is 24.5 Å². The van der Waals surface area contributed by atoms with Gasteiger partial charge in [-0.25, -0.2) is 4.98 Å². The first-order valence-corrected chi connectivity index (χ1v) is 7.28. The molecule has 21 heavy (non-hydrogen) atoms. The molecule has 0 fully saturated rings. The number of pyridine rings is 1. The molecule has 0 radical (unpaired) electrons. The molecule has 0 spiro atoms. The summed E-state index contributed by atoms with van der Waals surface area (Å²) in [5.41, 5.74) is 2.79. The van der Waals surface area contributed by atoms with Crippen molar-refractivity contribution in [1.82, 2.24) is 20.3 Å². The Labute approximate surface area is 124 Å². The smallest absolute Gasteiger partial charge is 0.271 e. The maximum absolute atomic E-state index is 12.1. The fraction of sp³-hybridized carbons (Fsp3) is 0.438. The molecule has 0 aromatic carbocycles. The molecule has 5 heteroatoms. The van der Waals surface area contributed by atoms with Gasteiger partial charge in [0.05, 0.1) is 0 Å². The lowest BCUT2D eigenvalue weighted by atomic mass is 9.88. The summed E-state index contributed by atoms with van der Waals surface area (Å²) in [7, 11) is 0. The van der Waals surface area contributed by atoms with Gasteiger partial charge in [0.25, 0.3) is 5.91 Å². The third-order valence-corrected chi connectivity index (χ3v) is 3.83. The minimum Gasteiger partial charge on any atom is -0.350 e. The summed E-state index contributed by atoms with van der Waals surface area (Å²) in [5, 5.41) is 2.95. The Bertz CT molecular complexity index is 646. The van der Waals surface area contributed by atoms with Gasteiger partial charge in [-0.15, -0.1) is 0 Å². The summed E-state index contributed by atoms with van der Waals surface area (Å²) in [5.74, 6) is 0.812. The van der Waals surface area contributed by atoms with E-state index in [-0.39, 0.29) is 11.3 Å². The van der Waals surface area contributed by atoms with Crippen LogP contribution < -0.4 is 5.32 Å². The number of aromatic nitrogens is 3. The highest BCUT2D eigenvalue weighted by Crippen LogP contribution is 2.25. The average molecular weight is 284 g/mol. The van der Waals surface area contributed by atoms with Crippen molar-refractivity contribution in [3.63, 3.8) is 0 Å². The molecule has 0 aliphatic carbocycles. The average Bonchev–Trinajstić information content (AvgIpc) is 2.82. The van der Waals surface area contributed by atoms with Gasteiger partial charge < -0.3 is 10.3 Å². The molecule has 0 saturated heterocycles. The monoisotopic (exact) mass is 284 g/mol. The quantitative estimate of drug-likeness (QED) is 0.904. The lowest BCUT2D eigenvalue weighted by Crippen LogP contribution is -2.32. The van der Waals surface area contributed by atoms with E-state index in [2.05, 4.69) is 34.1 Å². The van der Waals surface area contributed by atoms with Crippen molar-refractivity contribution in [2.24, 2.45) is 5.41 Å². The Kier molecular flexibility index (Phi) is 3.49. The first kappa shape index (κ1) is 13.8. The van der Waals surface area contributed by atoms with Crippen LogP contribution in [0.4, 0.5) is 0 Å². The van der Waals surface area contributed by atoms with E-state index in [9.17, 15) is 4.79 Å². The third kappa shape index (κ3) is 3.12.